The molecule has 1 fully saturated rings. The van der Waals surface area contributed by atoms with Crippen molar-refractivity contribution in [3.63, 3.8) is 0 Å². The van der Waals surface area contributed by atoms with Gasteiger partial charge in [-0.25, -0.2) is 0 Å². The van der Waals surface area contributed by atoms with E-state index in [1.807, 2.05) is 0 Å². The maximum Gasteiger partial charge on any atom is 0.0128 e. The van der Waals surface area contributed by atoms with E-state index in [1.165, 1.54) is 19.3 Å². The highest BCUT2D eigenvalue weighted by Gasteiger charge is 2.34. The fourth-order valence-corrected chi connectivity index (χ4v) is 3.97. The first kappa shape index (κ1) is 15.0. The number of hydrogen-bond donors (Lipinski definition) is 1. The highest BCUT2D eigenvalue weighted by atomic mass is 15.0. The Balaban J connectivity index is 2.90. The summed E-state index contributed by atoms with van der Waals surface area (Å²) in [6.45, 7) is 18.0. The average Bonchev–Trinajstić information content (AvgIpc) is 2.16. The lowest BCUT2D eigenvalue weighted by molar-refractivity contribution is 0.178. The van der Waals surface area contributed by atoms with Gasteiger partial charge in [0.25, 0.3) is 0 Å². The Hall–Kier alpha value is -0.0400. The third-order valence-electron chi connectivity index (χ3n) is 4.69. The van der Waals surface area contributed by atoms with E-state index in [-0.39, 0.29) is 5.54 Å². The SMILES string of the molecule is CCC1C(C)CC(C)(C)CNC(C)(C)CC1C. The standard InChI is InChI=1S/C16H33N/c1-8-14-12(2)9-15(4,5)11-17-16(6,7)10-13(14)3/h12-14,17H,8-11H2,1-7H3. The van der Waals surface area contributed by atoms with Gasteiger partial charge >= 0.3 is 0 Å². The lowest BCUT2D eigenvalue weighted by Crippen LogP contribution is -2.44. The molecule has 1 aliphatic rings. The Bertz CT molecular complexity index is 218. The summed E-state index contributed by atoms with van der Waals surface area (Å²) in [7, 11) is 0. The van der Waals surface area contributed by atoms with Crippen LogP contribution < -0.4 is 5.32 Å². The molecule has 1 nitrogen and oxygen atoms in total. The van der Waals surface area contributed by atoms with E-state index in [4.69, 9.17) is 0 Å². The van der Waals surface area contributed by atoms with Crippen LogP contribution in [-0.4, -0.2) is 12.1 Å². The Morgan fingerprint density at radius 1 is 1.00 bits per heavy atom. The van der Waals surface area contributed by atoms with Crippen molar-refractivity contribution in [2.24, 2.45) is 23.2 Å². The molecule has 17 heavy (non-hydrogen) atoms. The molecule has 0 amide bonds. The molecule has 1 rings (SSSR count). The Morgan fingerprint density at radius 2 is 1.53 bits per heavy atom. The van der Waals surface area contributed by atoms with Crippen LogP contribution in [0.5, 0.6) is 0 Å². The van der Waals surface area contributed by atoms with Gasteiger partial charge in [0.2, 0.25) is 0 Å². The second-order valence-corrected chi connectivity index (χ2v) is 7.84. The van der Waals surface area contributed by atoms with Gasteiger partial charge in [-0.15, -0.1) is 0 Å². The van der Waals surface area contributed by atoms with Crippen LogP contribution in [0.1, 0.15) is 67.7 Å². The van der Waals surface area contributed by atoms with E-state index in [0.29, 0.717) is 5.41 Å². The molecule has 0 aromatic heterocycles. The molecule has 0 bridgehead atoms. The first-order valence-electron chi connectivity index (χ1n) is 7.42. The van der Waals surface area contributed by atoms with E-state index >= 15 is 0 Å². The summed E-state index contributed by atoms with van der Waals surface area (Å²) in [4.78, 5) is 0. The fraction of sp³-hybridized carbons (Fsp3) is 1.00. The minimum Gasteiger partial charge on any atom is -0.311 e. The fourth-order valence-electron chi connectivity index (χ4n) is 3.97. The third-order valence-corrected chi connectivity index (χ3v) is 4.69. The van der Waals surface area contributed by atoms with Crippen molar-refractivity contribution in [2.75, 3.05) is 6.54 Å². The van der Waals surface area contributed by atoms with Gasteiger partial charge in [0.15, 0.2) is 0 Å². The number of nitrogens with one attached hydrogen (secondary N) is 1. The maximum atomic E-state index is 3.79. The van der Waals surface area contributed by atoms with Crippen LogP contribution in [0.15, 0.2) is 0 Å². The van der Waals surface area contributed by atoms with Crippen molar-refractivity contribution in [3.05, 3.63) is 0 Å². The minimum atomic E-state index is 0.286. The van der Waals surface area contributed by atoms with Crippen molar-refractivity contribution >= 4 is 0 Å². The molecular formula is C16H33N. The average molecular weight is 239 g/mol. The van der Waals surface area contributed by atoms with Gasteiger partial charge < -0.3 is 5.32 Å². The molecule has 0 aromatic carbocycles. The molecule has 3 atom stereocenters. The second kappa shape index (κ2) is 5.30. The van der Waals surface area contributed by atoms with Gasteiger partial charge in [-0.05, 0) is 49.9 Å². The smallest absolute Gasteiger partial charge is 0.0128 e. The van der Waals surface area contributed by atoms with Crippen molar-refractivity contribution in [3.8, 4) is 0 Å². The van der Waals surface area contributed by atoms with Crippen molar-refractivity contribution in [2.45, 2.75) is 73.3 Å². The maximum absolute atomic E-state index is 3.79. The molecule has 0 radical (unpaired) electrons. The van der Waals surface area contributed by atoms with Gasteiger partial charge in [0, 0.05) is 12.1 Å². The largest absolute Gasteiger partial charge is 0.311 e. The molecule has 0 aliphatic carbocycles. The zero-order valence-corrected chi connectivity index (χ0v) is 13.1. The summed E-state index contributed by atoms with van der Waals surface area (Å²) >= 11 is 0. The second-order valence-electron chi connectivity index (χ2n) is 7.84. The van der Waals surface area contributed by atoms with Gasteiger partial charge in [-0.2, -0.15) is 0 Å². The molecule has 0 spiro atoms. The predicted octanol–water partition coefficient (Wildman–Crippen LogP) is 4.47. The van der Waals surface area contributed by atoms with Gasteiger partial charge in [-0.3, -0.25) is 0 Å². The van der Waals surface area contributed by atoms with Crippen LogP contribution in [0, 0.1) is 23.2 Å². The molecule has 102 valence electrons. The lowest BCUT2D eigenvalue weighted by atomic mass is 9.72. The Kier molecular flexibility index (Phi) is 4.68. The van der Waals surface area contributed by atoms with E-state index in [9.17, 15) is 0 Å². The summed E-state index contributed by atoms with van der Waals surface area (Å²) in [5.41, 5.74) is 0.711. The van der Waals surface area contributed by atoms with E-state index in [2.05, 4.69) is 53.8 Å². The predicted molar refractivity (Wildman–Crippen MR) is 77.2 cm³/mol. The Morgan fingerprint density at radius 3 is 2.06 bits per heavy atom. The zero-order valence-electron chi connectivity index (χ0n) is 13.1. The first-order chi connectivity index (χ1) is 7.67. The normalized spacial score (nSPS) is 37.9. The third kappa shape index (κ3) is 4.28. The summed E-state index contributed by atoms with van der Waals surface area (Å²) < 4.78 is 0. The van der Waals surface area contributed by atoms with Crippen molar-refractivity contribution in [1.82, 2.24) is 5.32 Å². The van der Waals surface area contributed by atoms with Crippen LogP contribution in [0.2, 0.25) is 0 Å². The summed E-state index contributed by atoms with van der Waals surface area (Å²) in [5, 5.41) is 3.79. The quantitative estimate of drug-likeness (QED) is 0.712. The van der Waals surface area contributed by atoms with Crippen LogP contribution in [0.4, 0.5) is 0 Å². The summed E-state index contributed by atoms with van der Waals surface area (Å²) in [6, 6.07) is 0. The molecule has 0 aromatic rings. The first-order valence-corrected chi connectivity index (χ1v) is 7.42. The highest BCUT2D eigenvalue weighted by molar-refractivity contribution is 4.89. The summed E-state index contributed by atoms with van der Waals surface area (Å²) in [6.07, 6.45) is 3.97. The molecule has 1 saturated heterocycles. The van der Waals surface area contributed by atoms with Crippen LogP contribution in [-0.2, 0) is 0 Å². The van der Waals surface area contributed by atoms with E-state index in [1.54, 1.807) is 0 Å². The Labute approximate surface area is 109 Å². The minimum absolute atomic E-state index is 0.286. The molecule has 1 aliphatic heterocycles. The van der Waals surface area contributed by atoms with Gasteiger partial charge in [-0.1, -0.05) is 41.0 Å². The van der Waals surface area contributed by atoms with Crippen molar-refractivity contribution < 1.29 is 0 Å². The molecule has 3 unspecified atom stereocenters. The van der Waals surface area contributed by atoms with Crippen LogP contribution >= 0.6 is 0 Å². The van der Waals surface area contributed by atoms with Gasteiger partial charge in [0.1, 0.15) is 0 Å². The highest BCUT2D eigenvalue weighted by Crippen LogP contribution is 2.38. The summed E-state index contributed by atoms with van der Waals surface area (Å²) in [5.74, 6) is 2.56. The monoisotopic (exact) mass is 239 g/mol. The van der Waals surface area contributed by atoms with Gasteiger partial charge in [0.05, 0.1) is 0 Å². The molecule has 0 saturated carbocycles. The number of hydrogen-bond acceptors (Lipinski definition) is 1. The van der Waals surface area contributed by atoms with E-state index in [0.717, 1.165) is 24.3 Å². The van der Waals surface area contributed by atoms with Crippen molar-refractivity contribution in [1.29, 1.82) is 0 Å². The lowest BCUT2D eigenvalue weighted by Gasteiger charge is -2.33. The van der Waals surface area contributed by atoms with E-state index < -0.39 is 0 Å². The molecular weight excluding hydrogens is 206 g/mol. The topological polar surface area (TPSA) is 12.0 Å². The number of rotatable bonds is 1. The molecule has 1 heterocycles. The molecule has 1 heteroatoms. The van der Waals surface area contributed by atoms with Crippen LogP contribution in [0.3, 0.4) is 0 Å². The molecule has 1 N–H and O–H groups in total. The zero-order chi connectivity index (χ0) is 13.3. The van der Waals surface area contributed by atoms with Crippen LogP contribution in [0.25, 0.3) is 0 Å².